The Morgan fingerprint density at radius 3 is 2.27 bits per heavy atom. The smallest absolute Gasteiger partial charge is 0.383 e. The number of fused-ring (bicyclic) bond motifs is 1. The molecule has 9 heteroatoms. The van der Waals surface area contributed by atoms with Gasteiger partial charge in [-0.25, -0.2) is 8.42 Å². The number of hydrogen-bond acceptors (Lipinski definition) is 4. The van der Waals surface area contributed by atoms with Crippen molar-refractivity contribution in [3.63, 3.8) is 0 Å². The van der Waals surface area contributed by atoms with E-state index in [0.717, 1.165) is 11.1 Å². The van der Waals surface area contributed by atoms with Crippen molar-refractivity contribution in [3.8, 4) is 0 Å². The van der Waals surface area contributed by atoms with Crippen LogP contribution in [0.2, 0.25) is 0 Å². The average molecular weight is 440 g/mol. The van der Waals surface area contributed by atoms with Crippen molar-refractivity contribution in [2.24, 2.45) is 0 Å². The molecule has 0 bridgehead atoms. The average Bonchev–Trinajstić information content (AvgIpc) is 2.97. The Balaban J connectivity index is 1.82. The number of halogens is 3. The van der Waals surface area contributed by atoms with Crippen LogP contribution in [0.4, 0.5) is 18.9 Å². The lowest BCUT2D eigenvalue weighted by atomic mass is 10.1. The third kappa shape index (κ3) is 4.67. The zero-order valence-electron chi connectivity index (χ0n) is 16.9. The molecular formula is C21H23F3N2O3S. The second-order valence-corrected chi connectivity index (χ2v) is 9.27. The lowest BCUT2D eigenvalue weighted by molar-refractivity contribution is -0.148. The van der Waals surface area contributed by atoms with E-state index < -0.39 is 28.8 Å². The number of nitrogens with one attached hydrogen (secondary N) is 2. The van der Waals surface area contributed by atoms with Gasteiger partial charge in [-0.15, -0.1) is 0 Å². The SMILES string of the molecule is Cc1cc(C)c(S(=O)(=O)NC(CNc2ccc3c(c2)C(=O)CC3)C(F)(F)F)c(C)c1. The normalized spacial score (nSPS) is 15.2. The number of anilines is 1. The minimum absolute atomic E-state index is 0.0490. The highest BCUT2D eigenvalue weighted by Crippen LogP contribution is 2.28. The van der Waals surface area contributed by atoms with Crippen molar-refractivity contribution in [3.05, 3.63) is 58.1 Å². The molecule has 0 fully saturated rings. The summed E-state index contributed by atoms with van der Waals surface area (Å²) in [5.74, 6) is -0.0490. The van der Waals surface area contributed by atoms with Crippen molar-refractivity contribution in [2.75, 3.05) is 11.9 Å². The summed E-state index contributed by atoms with van der Waals surface area (Å²) in [4.78, 5) is 11.7. The van der Waals surface area contributed by atoms with Gasteiger partial charge < -0.3 is 5.32 Å². The fourth-order valence-corrected chi connectivity index (χ4v) is 5.50. The number of Topliss-reactive ketones (excluding diaryl/α,β-unsaturated/α-hetero) is 1. The van der Waals surface area contributed by atoms with Crippen molar-refractivity contribution in [1.29, 1.82) is 0 Å². The van der Waals surface area contributed by atoms with Crippen LogP contribution in [0, 0.1) is 20.8 Å². The maximum atomic E-state index is 13.6. The molecule has 30 heavy (non-hydrogen) atoms. The number of benzene rings is 2. The van der Waals surface area contributed by atoms with Gasteiger partial charge in [-0.05, 0) is 56.0 Å². The van der Waals surface area contributed by atoms with Crippen LogP contribution in [0.25, 0.3) is 0 Å². The maximum absolute atomic E-state index is 13.6. The molecule has 0 radical (unpaired) electrons. The standard InChI is InChI=1S/C21H23F3N2O3S/c1-12-8-13(2)20(14(3)9-12)30(28,29)26-19(21(22,23)24)11-25-16-6-4-15-5-7-18(27)17(15)10-16/h4,6,8-10,19,25-26H,5,7,11H2,1-3H3. The second-order valence-electron chi connectivity index (χ2n) is 7.62. The van der Waals surface area contributed by atoms with E-state index in [-0.39, 0.29) is 10.7 Å². The maximum Gasteiger partial charge on any atom is 0.406 e. The van der Waals surface area contributed by atoms with Crippen LogP contribution in [0.1, 0.15) is 39.0 Å². The molecule has 0 heterocycles. The molecule has 0 saturated heterocycles. The van der Waals surface area contributed by atoms with Gasteiger partial charge in [-0.2, -0.15) is 17.9 Å². The van der Waals surface area contributed by atoms with Crippen LogP contribution >= 0.6 is 0 Å². The highest BCUT2D eigenvalue weighted by molar-refractivity contribution is 7.89. The molecule has 1 aliphatic carbocycles. The fourth-order valence-electron chi connectivity index (χ4n) is 3.83. The summed E-state index contributed by atoms with van der Waals surface area (Å²) in [6.45, 7) is 4.18. The van der Waals surface area contributed by atoms with Crippen LogP contribution in [0.5, 0.6) is 0 Å². The van der Waals surface area contributed by atoms with E-state index in [0.29, 0.717) is 35.2 Å². The molecular weight excluding hydrogens is 417 g/mol. The Bertz CT molecular complexity index is 1070. The molecule has 1 unspecified atom stereocenters. The van der Waals surface area contributed by atoms with Crippen LogP contribution in [0.15, 0.2) is 35.2 Å². The van der Waals surface area contributed by atoms with Gasteiger partial charge in [-0.3, -0.25) is 4.79 Å². The van der Waals surface area contributed by atoms with E-state index in [1.165, 1.54) is 6.07 Å². The lowest BCUT2D eigenvalue weighted by Crippen LogP contribution is -2.49. The highest BCUT2D eigenvalue weighted by Gasteiger charge is 2.42. The Morgan fingerprint density at radius 2 is 1.67 bits per heavy atom. The van der Waals surface area contributed by atoms with Gasteiger partial charge in [0.25, 0.3) is 0 Å². The molecule has 3 rings (SSSR count). The number of alkyl halides is 3. The summed E-state index contributed by atoms with van der Waals surface area (Å²) >= 11 is 0. The van der Waals surface area contributed by atoms with Gasteiger partial charge in [-0.1, -0.05) is 23.8 Å². The zero-order chi connectivity index (χ0) is 22.3. The Labute approximate surface area is 173 Å². The lowest BCUT2D eigenvalue weighted by Gasteiger charge is -2.23. The molecule has 1 aliphatic rings. The molecule has 0 saturated carbocycles. The molecule has 2 aromatic carbocycles. The van der Waals surface area contributed by atoms with Crippen LogP contribution in [-0.2, 0) is 16.4 Å². The first-order valence-electron chi connectivity index (χ1n) is 9.45. The van der Waals surface area contributed by atoms with Crippen LogP contribution in [0.3, 0.4) is 0 Å². The first-order valence-corrected chi connectivity index (χ1v) is 10.9. The van der Waals surface area contributed by atoms with Crippen molar-refractivity contribution in [2.45, 2.75) is 50.7 Å². The molecule has 1 atom stereocenters. The molecule has 2 aromatic rings. The number of aryl methyl sites for hydroxylation is 4. The van der Waals surface area contributed by atoms with Crippen molar-refractivity contribution >= 4 is 21.5 Å². The van der Waals surface area contributed by atoms with Gasteiger partial charge in [0.2, 0.25) is 10.0 Å². The number of rotatable bonds is 6. The molecule has 0 spiro atoms. The molecule has 5 nitrogen and oxygen atoms in total. The van der Waals surface area contributed by atoms with Crippen molar-refractivity contribution < 1.29 is 26.4 Å². The fraction of sp³-hybridized carbons (Fsp3) is 0.381. The number of sulfonamides is 1. The Kier molecular flexibility index (Phi) is 5.97. The van der Waals surface area contributed by atoms with Gasteiger partial charge in [0.05, 0.1) is 4.90 Å². The predicted octanol–water partition coefficient (Wildman–Crippen LogP) is 4.06. The van der Waals surface area contributed by atoms with Gasteiger partial charge in [0.15, 0.2) is 5.78 Å². The minimum Gasteiger partial charge on any atom is -0.383 e. The highest BCUT2D eigenvalue weighted by atomic mass is 32.2. The monoisotopic (exact) mass is 440 g/mol. The summed E-state index contributed by atoms with van der Waals surface area (Å²) in [6.07, 6.45) is -3.80. The second kappa shape index (κ2) is 8.03. The number of hydrogen-bond donors (Lipinski definition) is 2. The van der Waals surface area contributed by atoms with Crippen molar-refractivity contribution in [1.82, 2.24) is 4.72 Å². The first kappa shape index (κ1) is 22.3. The Hall–Kier alpha value is -2.39. The van der Waals surface area contributed by atoms with E-state index in [9.17, 15) is 26.4 Å². The minimum atomic E-state index is -4.81. The number of carbonyl (C=O) groups excluding carboxylic acids is 1. The largest absolute Gasteiger partial charge is 0.406 e. The third-order valence-corrected chi connectivity index (χ3v) is 6.88. The summed E-state index contributed by atoms with van der Waals surface area (Å²) in [7, 11) is -4.41. The van der Waals surface area contributed by atoms with Gasteiger partial charge in [0, 0.05) is 24.2 Å². The third-order valence-electron chi connectivity index (χ3n) is 5.11. The summed E-state index contributed by atoms with van der Waals surface area (Å²) in [5, 5.41) is 2.61. The molecule has 0 aliphatic heterocycles. The van der Waals surface area contributed by atoms with E-state index in [1.54, 1.807) is 49.8 Å². The summed E-state index contributed by atoms with van der Waals surface area (Å²) < 4.78 is 68.1. The molecule has 162 valence electrons. The van der Waals surface area contributed by atoms with E-state index in [1.807, 2.05) is 0 Å². The molecule has 0 amide bonds. The van der Waals surface area contributed by atoms with Crippen LogP contribution < -0.4 is 10.0 Å². The molecule has 2 N–H and O–H groups in total. The Morgan fingerprint density at radius 1 is 1.03 bits per heavy atom. The van der Waals surface area contributed by atoms with Crippen LogP contribution in [-0.4, -0.2) is 33.0 Å². The first-order chi connectivity index (χ1) is 13.9. The van der Waals surface area contributed by atoms with E-state index in [4.69, 9.17) is 0 Å². The predicted molar refractivity (Wildman–Crippen MR) is 108 cm³/mol. The topological polar surface area (TPSA) is 75.3 Å². The summed E-state index contributed by atoms with van der Waals surface area (Å²) in [6, 6.07) is 5.70. The number of carbonyl (C=O) groups is 1. The molecule has 0 aromatic heterocycles. The quantitative estimate of drug-likeness (QED) is 0.710. The van der Waals surface area contributed by atoms with E-state index in [2.05, 4.69) is 5.32 Å². The number of ketones is 1. The van der Waals surface area contributed by atoms with E-state index >= 15 is 0 Å². The van der Waals surface area contributed by atoms with Gasteiger partial charge in [0.1, 0.15) is 6.04 Å². The summed E-state index contributed by atoms with van der Waals surface area (Å²) in [5.41, 5.74) is 3.28. The zero-order valence-corrected chi connectivity index (χ0v) is 17.7. The van der Waals surface area contributed by atoms with Gasteiger partial charge >= 0.3 is 6.18 Å².